The normalized spacial score (nSPS) is 16.1. The van der Waals surface area contributed by atoms with Gasteiger partial charge in [0.1, 0.15) is 11.5 Å². The molecule has 1 fully saturated rings. The first-order valence-corrected chi connectivity index (χ1v) is 13.6. The number of benzene rings is 3. The number of hydrogen-bond donors (Lipinski definition) is 1. The standard InChI is InChI=1S/C28H29NO4S/c1-19-3-4-21(15-25(19)22-7-5-20(6-8-22)18-29-34(2,31)32)16-27(30)28(12-13-28)24-9-10-26-23(17-24)11-14-33-26/h3-10,15,17,29H,11-14,16,18H2,1-2H3. The molecule has 6 heteroatoms. The summed E-state index contributed by atoms with van der Waals surface area (Å²) in [5.41, 5.74) is 7.19. The summed E-state index contributed by atoms with van der Waals surface area (Å²) in [4.78, 5) is 13.4. The number of rotatable bonds is 8. The second kappa shape index (κ2) is 8.67. The first-order valence-electron chi connectivity index (χ1n) is 11.7. The molecule has 0 saturated heterocycles. The first-order chi connectivity index (χ1) is 16.2. The van der Waals surface area contributed by atoms with Gasteiger partial charge in [-0.15, -0.1) is 0 Å². The summed E-state index contributed by atoms with van der Waals surface area (Å²) in [6.45, 7) is 3.06. The molecule has 0 radical (unpaired) electrons. The Labute approximate surface area is 201 Å². The van der Waals surface area contributed by atoms with Gasteiger partial charge in [-0.2, -0.15) is 0 Å². The fourth-order valence-corrected chi connectivity index (χ4v) is 5.23. The predicted molar refractivity (Wildman–Crippen MR) is 134 cm³/mol. The highest BCUT2D eigenvalue weighted by molar-refractivity contribution is 7.88. The highest BCUT2D eigenvalue weighted by atomic mass is 32.2. The Morgan fingerprint density at radius 3 is 2.44 bits per heavy atom. The fourth-order valence-electron chi connectivity index (χ4n) is 4.80. The molecule has 0 unspecified atom stereocenters. The van der Waals surface area contributed by atoms with Crippen LogP contribution >= 0.6 is 0 Å². The Balaban J connectivity index is 1.33. The summed E-state index contributed by atoms with van der Waals surface area (Å²) in [6, 6.07) is 20.4. The van der Waals surface area contributed by atoms with Crippen LogP contribution in [0.4, 0.5) is 0 Å². The van der Waals surface area contributed by atoms with Crippen molar-refractivity contribution in [2.24, 2.45) is 0 Å². The third-order valence-electron chi connectivity index (χ3n) is 7.00. The molecule has 1 saturated carbocycles. The lowest BCUT2D eigenvalue weighted by Crippen LogP contribution is -2.22. The second-order valence-electron chi connectivity index (χ2n) is 9.54. The number of fused-ring (bicyclic) bond motifs is 1. The van der Waals surface area contributed by atoms with E-state index >= 15 is 0 Å². The predicted octanol–water partition coefficient (Wildman–Crippen LogP) is 4.49. The maximum Gasteiger partial charge on any atom is 0.209 e. The van der Waals surface area contributed by atoms with Gasteiger partial charge < -0.3 is 4.74 Å². The number of hydrogen-bond acceptors (Lipinski definition) is 4. The van der Waals surface area contributed by atoms with E-state index in [1.54, 1.807) is 0 Å². The molecule has 1 heterocycles. The number of Topliss-reactive ketones (excluding diaryl/α,β-unsaturated/α-hetero) is 1. The summed E-state index contributed by atoms with van der Waals surface area (Å²) in [5, 5.41) is 0. The van der Waals surface area contributed by atoms with E-state index in [2.05, 4.69) is 35.9 Å². The molecule has 5 nitrogen and oxygen atoms in total. The molecule has 34 heavy (non-hydrogen) atoms. The van der Waals surface area contributed by atoms with Crippen molar-refractivity contribution in [3.05, 3.63) is 88.5 Å². The SMILES string of the molecule is Cc1ccc(CC(=O)C2(c3ccc4c(c3)CCO4)CC2)cc1-c1ccc(CNS(C)(=O)=O)cc1. The zero-order valence-electron chi connectivity index (χ0n) is 19.6. The molecular formula is C28H29NO4S. The number of nitrogens with one attached hydrogen (secondary N) is 1. The molecule has 5 rings (SSSR count). The van der Waals surface area contributed by atoms with E-state index in [0.29, 0.717) is 6.42 Å². The third kappa shape index (κ3) is 4.65. The number of carbonyl (C=O) groups is 1. The molecular weight excluding hydrogens is 446 g/mol. The number of sulfonamides is 1. The monoisotopic (exact) mass is 475 g/mol. The van der Waals surface area contributed by atoms with Crippen molar-refractivity contribution in [2.45, 2.75) is 44.6 Å². The molecule has 1 aliphatic carbocycles. The van der Waals surface area contributed by atoms with Gasteiger partial charge in [0.05, 0.1) is 18.3 Å². The zero-order valence-corrected chi connectivity index (χ0v) is 20.4. The van der Waals surface area contributed by atoms with Gasteiger partial charge >= 0.3 is 0 Å². The lowest BCUT2D eigenvalue weighted by Gasteiger charge is -2.17. The van der Waals surface area contributed by atoms with Gasteiger partial charge in [0, 0.05) is 19.4 Å². The van der Waals surface area contributed by atoms with Gasteiger partial charge in [-0.05, 0) is 64.8 Å². The van der Waals surface area contributed by atoms with E-state index in [1.807, 2.05) is 36.4 Å². The summed E-state index contributed by atoms with van der Waals surface area (Å²) in [5.74, 6) is 1.23. The molecule has 0 bridgehead atoms. The molecule has 0 amide bonds. The molecule has 2 aliphatic rings. The Bertz CT molecular complexity index is 1360. The van der Waals surface area contributed by atoms with Crippen molar-refractivity contribution in [2.75, 3.05) is 12.9 Å². The van der Waals surface area contributed by atoms with E-state index in [1.165, 1.54) is 5.56 Å². The summed E-state index contributed by atoms with van der Waals surface area (Å²) >= 11 is 0. The molecule has 0 aromatic heterocycles. The Hall–Kier alpha value is -2.96. The largest absolute Gasteiger partial charge is 0.493 e. The third-order valence-corrected chi connectivity index (χ3v) is 7.66. The number of ether oxygens (including phenoxy) is 1. The van der Waals surface area contributed by atoms with Crippen LogP contribution in [0.2, 0.25) is 0 Å². The molecule has 1 N–H and O–H groups in total. The summed E-state index contributed by atoms with van der Waals surface area (Å²) < 4.78 is 30.8. The van der Waals surface area contributed by atoms with Crippen molar-refractivity contribution < 1.29 is 17.9 Å². The Morgan fingerprint density at radius 1 is 1.00 bits per heavy atom. The lowest BCUT2D eigenvalue weighted by atomic mass is 9.86. The first kappa shape index (κ1) is 22.8. The van der Waals surface area contributed by atoms with Crippen LogP contribution in [0.1, 0.15) is 40.7 Å². The quantitative estimate of drug-likeness (QED) is 0.521. The van der Waals surface area contributed by atoms with Crippen molar-refractivity contribution in [3.63, 3.8) is 0 Å². The fraction of sp³-hybridized carbons (Fsp3) is 0.321. The molecule has 1 aliphatic heterocycles. The summed E-state index contributed by atoms with van der Waals surface area (Å²) in [6.07, 6.45) is 4.30. The second-order valence-corrected chi connectivity index (χ2v) is 11.4. The van der Waals surface area contributed by atoms with E-state index in [4.69, 9.17) is 4.74 Å². The molecule has 3 aromatic rings. The van der Waals surface area contributed by atoms with Crippen molar-refractivity contribution in [3.8, 4) is 16.9 Å². The minimum atomic E-state index is -3.23. The summed E-state index contributed by atoms with van der Waals surface area (Å²) in [7, 11) is -3.23. The van der Waals surface area contributed by atoms with Crippen LogP contribution < -0.4 is 9.46 Å². The number of carbonyl (C=O) groups excluding carboxylic acids is 1. The van der Waals surface area contributed by atoms with Gasteiger partial charge in [-0.25, -0.2) is 13.1 Å². The maximum atomic E-state index is 13.4. The van der Waals surface area contributed by atoms with Gasteiger partial charge in [0.15, 0.2) is 0 Å². The average molecular weight is 476 g/mol. The van der Waals surface area contributed by atoms with Crippen LogP contribution in [0.5, 0.6) is 5.75 Å². The number of ketones is 1. The van der Waals surface area contributed by atoms with Crippen molar-refractivity contribution in [1.82, 2.24) is 4.72 Å². The Morgan fingerprint density at radius 2 is 1.74 bits per heavy atom. The minimum absolute atomic E-state index is 0.267. The minimum Gasteiger partial charge on any atom is -0.493 e. The van der Waals surface area contributed by atoms with Gasteiger partial charge in [-0.1, -0.05) is 54.6 Å². The Kier molecular flexibility index (Phi) is 5.82. The van der Waals surface area contributed by atoms with Crippen LogP contribution in [0.3, 0.4) is 0 Å². The zero-order chi connectivity index (χ0) is 23.9. The van der Waals surface area contributed by atoms with Gasteiger partial charge in [-0.3, -0.25) is 4.79 Å². The van der Waals surface area contributed by atoms with Gasteiger partial charge in [0.25, 0.3) is 0 Å². The number of aryl methyl sites for hydroxylation is 1. The molecule has 3 aromatic carbocycles. The van der Waals surface area contributed by atoms with Crippen LogP contribution in [-0.2, 0) is 39.6 Å². The van der Waals surface area contributed by atoms with E-state index in [9.17, 15) is 13.2 Å². The van der Waals surface area contributed by atoms with Crippen molar-refractivity contribution in [1.29, 1.82) is 0 Å². The van der Waals surface area contributed by atoms with E-state index in [0.717, 1.165) is 71.3 Å². The molecule has 176 valence electrons. The van der Waals surface area contributed by atoms with Crippen LogP contribution in [0, 0.1) is 6.92 Å². The lowest BCUT2D eigenvalue weighted by molar-refractivity contribution is -0.120. The highest BCUT2D eigenvalue weighted by Gasteiger charge is 2.50. The smallest absolute Gasteiger partial charge is 0.209 e. The van der Waals surface area contributed by atoms with E-state index < -0.39 is 10.0 Å². The van der Waals surface area contributed by atoms with Crippen molar-refractivity contribution >= 4 is 15.8 Å². The van der Waals surface area contributed by atoms with Crippen LogP contribution in [0.15, 0.2) is 60.7 Å². The topological polar surface area (TPSA) is 72.5 Å². The van der Waals surface area contributed by atoms with Gasteiger partial charge in [0.2, 0.25) is 10.0 Å². The average Bonchev–Trinajstić information content (AvgIpc) is 3.50. The molecule has 0 spiro atoms. The van der Waals surface area contributed by atoms with E-state index in [-0.39, 0.29) is 17.7 Å². The molecule has 0 atom stereocenters. The highest BCUT2D eigenvalue weighted by Crippen LogP contribution is 2.50. The maximum absolute atomic E-state index is 13.4. The van der Waals surface area contributed by atoms with Crippen LogP contribution in [0.25, 0.3) is 11.1 Å². The van der Waals surface area contributed by atoms with Crippen LogP contribution in [-0.4, -0.2) is 27.1 Å².